The van der Waals surface area contributed by atoms with Gasteiger partial charge in [0.1, 0.15) is 11.8 Å². The number of hydrogen-bond donors (Lipinski definition) is 1. The summed E-state index contributed by atoms with van der Waals surface area (Å²) >= 11 is 0. The van der Waals surface area contributed by atoms with E-state index in [-0.39, 0.29) is 24.4 Å². The van der Waals surface area contributed by atoms with Crippen LogP contribution in [0.25, 0.3) is 0 Å². The lowest BCUT2D eigenvalue weighted by molar-refractivity contribution is -0.146. The zero-order chi connectivity index (χ0) is 14.5. The molecule has 2 amide bonds. The smallest absolute Gasteiger partial charge is 0.243 e. The summed E-state index contributed by atoms with van der Waals surface area (Å²) in [5.41, 5.74) is 0.995. The van der Waals surface area contributed by atoms with Crippen molar-refractivity contribution >= 4 is 11.8 Å². The standard InChI is InChI=1S/C15H20N2O3/c1-3-4-13-15(19)16-9-14(18)17(13)10-11-5-7-12(20-2)8-6-11/h5-8,13H,3-4,9-10H2,1-2H3,(H,16,19). The van der Waals surface area contributed by atoms with Gasteiger partial charge in [0.25, 0.3) is 0 Å². The second-order valence-corrected chi connectivity index (χ2v) is 4.89. The Morgan fingerprint density at radius 2 is 2.00 bits per heavy atom. The Labute approximate surface area is 118 Å². The first-order valence-electron chi connectivity index (χ1n) is 6.85. The minimum atomic E-state index is -0.358. The fourth-order valence-electron chi connectivity index (χ4n) is 2.38. The van der Waals surface area contributed by atoms with Gasteiger partial charge in [0.05, 0.1) is 13.7 Å². The van der Waals surface area contributed by atoms with Crippen molar-refractivity contribution < 1.29 is 14.3 Å². The molecule has 0 aromatic heterocycles. The Kier molecular flexibility index (Phi) is 4.61. The monoisotopic (exact) mass is 276 g/mol. The molecule has 5 heteroatoms. The van der Waals surface area contributed by atoms with Gasteiger partial charge in [0.2, 0.25) is 11.8 Å². The Balaban J connectivity index is 2.13. The largest absolute Gasteiger partial charge is 0.497 e. The minimum Gasteiger partial charge on any atom is -0.497 e. The molecular weight excluding hydrogens is 256 g/mol. The fraction of sp³-hybridized carbons (Fsp3) is 0.467. The third-order valence-corrected chi connectivity index (χ3v) is 3.49. The highest BCUT2D eigenvalue weighted by molar-refractivity contribution is 5.94. The van der Waals surface area contributed by atoms with Crippen LogP contribution in [-0.2, 0) is 16.1 Å². The Hall–Kier alpha value is -2.04. The van der Waals surface area contributed by atoms with Gasteiger partial charge in [-0.2, -0.15) is 0 Å². The van der Waals surface area contributed by atoms with Gasteiger partial charge in [-0.25, -0.2) is 0 Å². The molecule has 0 saturated carbocycles. The van der Waals surface area contributed by atoms with Crippen LogP contribution in [0.1, 0.15) is 25.3 Å². The number of amides is 2. The molecule has 1 aromatic carbocycles. The molecule has 1 N–H and O–H groups in total. The summed E-state index contributed by atoms with van der Waals surface area (Å²) in [6, 6.07) is 7.20. The molecule has 1 aliphatic heterocycles. The lowest BCUT2D eigenvalue weighted by Crippen LogP contribution is -2.57. The van der Waals surface area contributed by atoms with E-state index in [0.717, 1.165) is 17.7 Å². The molecule has 20 heavy (non-hydrogen) atoms. The van der Waals surface area contributed by atoms with Crippen LogP contribution in [-0.4, -0.2) is 36.4 Å². The van der Waals surface area contributed by atoms with Gasteiger partial charge in [0, 0.05) is 6.54 Å². The molecule has 1 fully saturated rings. The van der Waals surface area contributed by atoms with E-state index in [1.807, 2.05) is 31.2 Å². The van der Waals surface area contributed by atoms with Gasteiger partial charge in [-0.05, 0) is 24.1 Å². The lowest BCUT2D eigenvalue weighted by atomic mass is 10.1. The number of hydrogen-bond acceptors (Lipinski definition) is 3. The second-order valence-electron chi connectivity index (χ2n) is 4.89. The highest BCUT2D eigenvalue weighted by Gasteiger charge is 2.33. The molecule has 1 saturated heterocycles. The quantitative estimate of drug-likeness (QED) is 0.882. The summed E-state index contributed by atoms with van der Waals surface area (Å²) in [7, 11) is 1.62. The molecule has 108 valence electrons. The number of nitrogens with one attached hydrogen (secondary N) is 1. The van der Waals surface area contributed by atoms with E-state index in [1.165, 1.54) is 0 Å². The highest BCUT2D eigenvalue weighted by atomic mass is 16.5. The summed E-state index contributed by atoms with van der Waals surface area (Å²) in [6.45, 7) is 2.56. The SMILES string of the molecule is CCCC1C(=O)NCC(=O)N1Cc1ccc(OC)cc1. The fourth-order valence-corrected chi connectivity index (χ4v) is 2.38. The molecule has 0 radical (unpaired) electrons. The summed E-state index contributed by atoms with van der Waals surface area (Å²) in [4.78, 5) is 25.6. The van der Waals surface area contributed by atoms with Gasteiger partial charge >= 0.3 is 0 Å². The molecule has 2 rings (SSSR count). The van der Waals surface area contributed by atoms with Crippen LogP contribution in [0.5, 0.6) is 5.75 Å². The predicted octanol–water partition coefficient (Wildman–Crippen LogP) is 1.32. The Morgan fingerprint density at radius 1 is 1.30 bits per heavy atom. The maximum absolute atomic E-state index is 12.0. The van der Waals surface area contributed by atoms with Crippen LogP contribution in [0.4, 0.5) is 0 Å². The average Bonchev–Trinajstić information content (AvgIpc) is 2.47. The van der Waals surface area contributed by atoms with E-state index >= 15 is 0 Å². The number of benzene rings is 1. The summed E-state index contributed by atoms with van der Waals surface area (Å²) < 4.78 is 5.11. The Bertz CT molecular complexity index is 484. The van der Waals surface area contributed by atoms with Crippen LogP contribution in [0.15, 0.2) is 24.3 Å². The van der Waals surface area contributed by atoms with Crippen LogP contribution in [0, 0.1) is 0 Å². The molecule has 0 bridgehead atoms. The van der Waals surface area contributed by atoms with Gasteiger partial charge in [-0.1, -0.05) is 25.5 Å². The molecular formula is C15H20N2O3. The van der Waals surface area contributed by atoms with Crippen molar-refractivity contribution in [3.05, 3.63) is 29.8 Å². The van der Waals surface area contributed by atoms with Gasteiger partial charge < -0.3 is 15.0 Å². The maximum Gasteiger partial charge on any atom is 0.243 e. The van der Waals surface area contributed by atoms with Gasteiger partial charge in [-0.3, -0.25) is 9.59 Å². The number of rotatable bonds is 5. The van der Waals surface area contributed by atoms with E-state index in [1.54, 1.807) is 12.0 Å². The van der Waals surface area contributed by atoms with Gasteiger partial charge in [-0.15, -0.1) is 0 Å². The molecule has 1 aliphatic rings. The molecule has 0 aliphatic carbocycles. The van der Waals surface area contributed by atoms with Crippen molar-refractivity contribution in [2.24, 2.45) is 0 Å². The number of nitrogens with zero attached hydrogens (tertiary/aromatic N) is 1. The molecule has 1 heterocycles. The normalized spacial score (nSPS) is 18.9. The molecule has 1 unspecified atom stereocenters. The van der Waals surface area contributed by atoms with E-state index in [2.05, 4.69) is 5.32 Å². The number of methoxy groups -OCH3 is 1. The van der Waals surface area contributed by atoms with Crippen molar-refractivity contribution in [3.63, 3.8) is 0 Å². The summed E-state index contributed by atoms with van der Waals surface area (Å²) in [5, 5.41) is 2.65. The molecule has 1 aromatic rings. The first kappa shape index (κ1) is 14.4. The zero-order valence-corrected chi connectivity index (χ0v) is 11.9. The number of ether oxygens (including phenoxy) is 1. The van der Waals surface area contributed by atoms with E-state index in [9.17, 15) is 9.59 Å². The van der Waals surface area contributed by atoms with Crippen molar-refractivity contribution in [3.8, 4) is 5.75 Å². The van der Waals surface area contributed by atoms with Gasteiger partial charge in [0.15, 0.2) is 0 Å². The maximum atomic E-state index is 12.0. The first-order valence-corrected chi connectivity index (χ1v) is 6.85. The summed E-state index contributed by atoms with van der Waals surface area (Å²) in [6.07, 6.45) is 1.55. The Morgan fingerprint density at radius 3 is 2.60 bits per heavy atom. The topological polar surface area (TPSA) is 58.6 Å². The van der Waals surface area contributed by atoms with Crippen molar-refractivity contribution in [2.45, 2.75) is 32.4 Å². The van der Waals surface area contributed by atoms with Crippen LogP contribution >= 0.6 is 0 Å². The number of carbonyl (C=O) groups is 2. The third-order valence-electron chi connectivity index (χ3n) is 3.49. The minimum absolute atomic E-state index is 0.0288. The van der Waals surface area contributed by atoms with Crippen molar-refractivity contribution in [1.29, 1.82) is 0 Å². The highest BCUT2D eigenvalue weighted by Crippen LogP contribution is 2.18. The molecule has 1 atom stereocenters. The van der Waals surface area contributed by atoms with E-state index in [4.69, 9.17) is 4.74 Å². The molecule has 0 spiro atoms. The van der Waals surface area contributed by atoms with Crippen LogP contribution in [0.2, 0.25) is 0 Å². The van der Waals surface area contributed by atoms with E-state index < -0.39 is 0 Å². The predicted molar refractivity (Wildman–Crippen MR) is 75.2 cm³/mol. The lowest BCUT2D eigenvalue weighted by Gasteiger charge is -2.35. The summed E-state index contributed by atoms with van der Waals surface area (Å²) in [5.74, 6) is 0.695. The second kappa shape index (κ2) is 6.41. The van der Waals surface area contributed by atoms with Crippen LogP contribution < -0.4 is 10.1 Å². The number of piperazine rings is 1. The average molecular weight is 276 g/mol. The third kappa shape index (κ3) is 3.10. The zero-order valence-electron chi connectivity index (χ0n) is 11.9. The number of carbonyl (C=O) groups excluding carboxylic acids is 2. The van der Waals surface area contributed by atoms with Crippen molar-refractivity contribution in [2.75, 3.05) is 13.7 Å². The van der Waals surface area contributed by atoms with Crippen molar-refractivity contribution in [1.82, 2.24) is 10.2 Å². The molecule has 5 nitrogen and oxygen atoms in total. The first-order chi connectivity index (χ1) is 9.65. The van der Waals surface area contributed by atoms with E-state index in [0.29, 0.717) is 13.0 Å². The van der Waals surface area contributed by atoms with Crippen LogP contribution in [0.3, 0.4) is 0 Å².